The van der Waals surface area contributed by atoms with Crippen molar-refractivity contribution in [3.63, 3.8) is 0 Å². The van der Waals surface area contributed by atoms with Gasteiger partial charge in [0.15, 0.2) is 6.10 Å². The average molecular weight is 1070 g/mol. The van der Waals surface area contributed by atoms with Gasteiger partial charge in [-0.2, -0.15) is 13.5 Å². The summed E-state index contributed by atoms with van der Waals surface area (Å²) in [5.41, 5.74) is 0. The largest absolute Gasteiger partial charge is 0.472 e. The van der Waals surface area contributed by atoms with Gasteiger partial charge < -0.3 is 53.9 Å². The van der Waals surface area contributed by atoms with Crippen LogP contribution in [0.3, 0.4) is 0 Å². The van der Waals surface area contributed by atoms with Crippen LogP contribution in [0.15, 0.2) is 0 Å². The lowest BCUT2D eigenvalue weighted by atomic mass is 9.85. The first-order valence-electron chi connectivity index (χ1n) is 20.0. The van der Waals surface area contributed by atoms with Crippen LogP contribution in [0.2, 0.25) is 0 Å². The van der Waals surface area contributed by atoms with Crippen LogP contribution >= 0.6 is 44.8 Å². The molecule has 0 radical (unpaired) electrons. The number of terminal acetylenes is 1. The molecule has 27 heteroatoms. The highest BCUT2D eigenvalue weighted by atomic mass is 32.1. The Kier molecular flexibility index (Phi) is 32.2. The van der Waals surface area contributed by atoms with E-state index in [4.69, 9.17) is 24.9 Å². The van der Waals surface area contributed by atoms with E-state index < -0.39 is 99.2 Å². The second-order valence-electron chi connectivity index (χ2n) is 13.8. The Morgan fingerprint density at radius 1 is 0.552 bits per heavy atom. The highest BCUT2D eigenvalue weighted by Crippen LogP contribution is 2.53. The van der Waals surface area contributed by atoms with Gasteiger partial charge in [-0.25, -0.2) is 23.1 Å². The standard InChI is InChI=1S/C40H52O22P4.H2S.13H2/c1-3-5-7-9-11-13-15-17-19-21-23-25-27-29-34(42)58-32(30-56-33(41)28-26-24-22-20-18-16-14-12-10-8-6-4-2)31-57-66(54,55)62-37-35(43)38(59-63(45,46)47)40(61-65(51,52)53)39(36(37)44)60-64(48,49)50;;;;;;;;;;;;;;/h2,32,35-40,43-44H,3,5,7,9,11,13,15,17,19,21,23,25,27,29-31H2,1H3,(H,54,55)(H2,45,46,47)(H2,48,49,50)(H2,51,52,53);1H2;13*1H/t32-,35+,36?,37?,38+,39-,40?;;;;;;;;;;;;;;/m1............../s1. The molecule has 0 aromatic carbocycles. The fraction of sp³-hybridized carbons (Fsp3) is 0.600. The number of hydrogen-bond acceptors (Lipinski definition) is 15. The molecule has 398 valence electrons. The third kappa shape index (κ3) is 32.1. The number of carbonyl (C=O) groups excluding carboxylic acids is 2. The van der Waals surface area contributed by atoms with Crippen molar-refractivity contribution in [1.82, 2.24) is 0 Å². The fourth-order valence-electron chi connectivity index (χ4n) is 5.73. The molecule has 1 aliphatic rings. The van der Waals surface area contributed by atoms with Gasteiger partial charge in [-0.3, -0.25) is 27.4 Å². The predicted molar refractivity (Wildman–Crippen MR) is 268 cm³/mol. The number of aliphatic hydroxyl groups excluding tert-OH is 2. The molecule has 0 aromatic rings. The first-order chi connectivity index (χ1) is 31.0. The zero-order valence-corrected chi connectivity index (χ0v) is 40.6. The van der Waals surface area contributed by atoms with E-state index in [0.29, 0.717) is 12.8 Å². The Labute approximate surface area is 415 Å². The molecule has 0 spiro atoms. The zero-order chi connectivity index (χ0) is 49.7. The molecule has 67 heavy (non-hydrogen) atoms. The average Bonchev–Trinajstić information content (AvgIpc) is 3.21. The lowest BCUT2D eigenvalue weighted by Crippen LogP contribution is -2.65. The molecular weight excluding hydrogens is 988 g/mol. The summed E-state index contributed by atoms with van der Waals surface area (Å²) < 4.78 is 81.1. The number of rotatable bonds is 28. The third-order valence-corrected chi connectivity index (χ3v) is 11.0. The summed E-state index contributed by atoms with van der Waals surface area (Å²) in [5, 5.41) is 21.7. The van der Waals surface area contributed by atoms with E-state index in [-0.39, 0.29) is 38.5 Å². The zero-order valence-electron chi connectivity index (χ0n) is 36.1. The van der Waals surface area contributed by atoms with Crippen LogP contribution in [-0.4, -0.2) is 112 Å². The molecule has 4 unspecified atom stereocenters. The van der Waals surface area contributed by atoms with E-state index >= 15 is 0 Å². The van der Waals surface area contributed by atoms with Crippen LogP contribution in [0.25, 0.3) is 0 Å². The summed E-state index contributed by atoms with van der Waals surface area (Å²) in [6, 6.07) is 0. The number of aliphatic hydroxyl groups is 2. The Morgan fingerprint density at radius 2 is 0.940 bits per heavy atom. The second-order valence-corrected chi connectivity index (χ2v) is 18.8. The van der Waals surface area contributed by atoms with Crippen LogP contribution in [-0.2, 0) is 59.9 Å². The molecule has 1 aliphatic carbocycles. The van der Waals surface area contributed by atoms with Crippen molar-refractivity contribution >= 4 is 56.7 Å². The number of ether oxygens (including phenoxy) is 2. The summed E-state index contributed by atoms with van der Waals surface area (Å²) in [6.45, 7) is 0.175. The lowest BCUT2D eigenvalue weighted by Gasteiger charge is -2.45. The maximum Gasteiger partial charge on any atom is 0.472 e. The molecule has 0 amide bonds. The highest BCUT2D eigenvalue weighted by Gasteiger charge is 2.59. The van der Waals surface area contributed by atoms with Crippen molar-refractivity contribution in [1.29, 1.82) is 0 Å². The molecule has 0 aromatic heterocycles. The van der Waals surface area contributed by atoms with Crippen LogP contribution < -0.4 is 0 Å². The van der Waals surface area contributed by atoms with E-state index in [1.807, 2.05) is 5.92 Å². The van der Waals surface area contributed by atoms with Crippen molar-refractivity contribution in [3.8, 4) is 83.4 Å². The van der Waals surface area contributed by atoms with E-state index in [2.05, 4.69) is 91.5 Å². The summed E-state index contributed by atoms with van der Waals surface area (Å²) in [7, 11) is -23.2. The fourth-order valence-corrected chi connectivity index (χ4v) is 8.38. The Balaban J connectivity index is -0.000000259. The summed E-state index contributed by atoms with van der Waals surface area (Å²) in [4.78, 5) is 91.9. The number of unbranched alkanes of at least 4 members (excludes halogenated alkanes) is 12. The Hall–Kier alpha value is -3.43. The first-order valence-corrected chi connectivity index (χ1v) is 26.1. The molecular formula is C40H80O22P4S. The monoisotopic (exact) mass is 1070 g/mol. The van der Waals surface area contributed by atoms with Crippen molar-refractivity contribution < 1.29 is 123 Å². The molecule has 9 N–H and O–H groups in total. The van der Waals surface area contributed by atoms with E-state index in [1.165, 1.54) is 38.5 Å². The molecule has 0 heterocycles. The SMILES string of the molecule is C#CC#CC#CC#CC#CC#CC#CC(=O)OC[C@H](COP(=O)(O)OC1C(O)[C@@H](OP(=O)(O)O)C(OP(=O)(O)O)[C@@H](OP(=O)(O)O)[C@H]1O)OC(=O)CCCCCCCCCCCCCCC.S.[HH].[HH].[HH].[HH].[HH].[HH].[HH].[HH].[HH].[HH].[HH].[HH].[HH]. The number of carbonyl (C=O) groups is 2. The minimum absolute atomic E-state index is 0. The van der Waals surface area contributed by atoms with Crippen LogP contribution in [0.4, 0.5) is 0 Å². The maximum atomic E-state index is 13.2. The topological polar surface area (TPSA) is 349 Å². The summed E-state index contributed by atoms with van der Waals surface area (Å²) in [5.74, 6) is 27.3. The molecule has 0 aliphatic heterocycles. The van der Waals surface area contributed by atoms with Gasteiger partial charge in [0, 0.05) is 30.9 Å². The van der Waals surface area contributed by atoms with Crippen LogP contribution in [0.1, 0.15) is 115 Å². The van der Waals surface area contributed by atoms with Crippen molar-refractivity contribution in [3.05, 3.63) is 0 Å². The van der Waals surface area contributed by atoms with Crippen molar-refractivity contribution in [2.75, 3.05) is 13.2 Å². The lowest BCUT2D eigenvalue weighted by molar-refractivity contribution is -0.209. The quantitative estimate of drug-likeness (QED) is 0.0152. The Bertz CT molecular complexity index is 2230. The highest BCUT2D eigenvalue weighted by molar-refractivity contribution is 7.59. The first kappa shape index (κ1) is 63.6. The van der Waals surface area contributed by atoms with Crippen LogP contribution in [0, 0.1) is 83.4 Å². The minimum atomic E-state index is -5.82. The van der Waals surface area contributed by atoms with Crippen molar-refractivity contribution in [2.45, 2.75) is 140 Å². The van der Waals surface area contributed by atoms with Crippen LogP contribution in [0.5, 0.6) is 0 Å². The van der Waals surface area contributed by atoms with Gasteiger partial charge in [0.1, 0.15) is 43.2 Å². The van der Waals surface area contributed by atoms with E-state index in [9.17, 15) is 72.3 Å². The van der Waals surface area contributed by atoms with Gasteiger partial charge in [-0.15, -0.1) is 6.42 Å². The molecule has 0 saturated heterocycles. The van der Waals surface area contributed by atoms with E-state index in [0.717, 1.165) is 32.1 Å². The normalized spacial score (nSPS) is 20.0. The van der Waals surface area contributed by atoms with Gasteiger partial charge in [0.05, 0.1) is 6.61 Å². The predicted octanol–water partition coefficient (Wildman–Crippen LogP) is 5.56. The summed E-state index contributed by atoms with van der Waals surface area (Å²) in [6.07, 6.45) is -0.129. The van der Waals surface area contributed by atoms with Gasteiger partial charge in [-0.05, 0) is 77.5 Å². The second kappa shape index (κ2) is 34.0. The molecule has 22 nitrogen and oxygen atoms in total. The molecule has 0 bridgehead atoms. The molecule has 8 atom stereocenters. The number of esters is 2. The van der Waals surface area contributed by atoms with Gasteiger partial charge >= 0.3 is 43.2 Å². The smallest absolute Gasteiger partial charge is 0.456 e. The number of phosphoric ester groups is 4. The Morgan fingerprint density at radius 3 is 1.36 bits per heavy atom. The molecule has 1 rings (SSSR count). The third-order valence-electron chi connectivity index (χ3n) is 8.49. The summed E-state index contributed by atoms with van der Waals surface area (Å²) >= 11 is 0. The number of hydrogen-bond donors (Lipinski definition) is 9. The molecule has 1 fully saturated rings. The van der Waals surface area contributed by atoms with Crippen molar-refractivity contribution in [2.24, 2.45) is 0 Å². The minimum Gasteiger partial charge on any atom is -0.456 e. The van der Waals surface area contributed by atoms with Gasteiger partial charge in [0.25, 0.3) is 0 Å². The maximum absolute atomic E-state index is 13.2. The number of phosphoric acid groups is 4. The van der Waals surface area contributed by atoms with E-state index in [1.54, 1.807) is 0 Å². The van der Waals surface area contributed by atoms with Gasteiger partial charge in [0.2, 0.25) is 0 Å². The molecule has 1 saturated carbocycles. The van der Waals surface area contributed by atoms with Gasteiger partial charge in [-0.1, -0.05) is 84.0 Å².